The molecule has 1 aromatic carbocycles. The number of hydrogen-bond donors (Lipinski definition) is 1. The highest BCUT2D eigenvalue weighted by atomic mass is 35.5. The largest absolute Gasteiger partial charge is 0.467 e. The first kappa shape index (κ1) is 13.5. The molecule has 0 aliphatic heterocycles. The molecule has 0 bridgehead atoms. The van der Waals surface area contributed by atoms with Crippen LogP contribution in [0.4, 0.5) is 5.69 Å². The molecule has 0 radical (unpaired) electrons. The molecule has 0 aliphatic rings. The van der Waals surface area contributed by atoms with E-state index in [1.54, 1.807) is 24.5 Å². The van der Waals surface area contributed by atoms with E-state index in [1.807, 2.05) is 19.1 Å². The predicted octanol–water partition coefficient (Wildman–Crippen LogP) is 3.89. The van der Waals surface area contributed by atoms with E-state index in [0.717, 1.165) is 5.76 Å². The van der Waals surface area contributed by atoms with E-state index in [9.17, 15) is 4.79 Å². The highest BCUT2D eigenvalue weighted by Gasteiger charge is 2.15. The van der Waals surface area contributed by atoms with Crippen LogP contribution in [0.3, 0.4) is 0 Å². The Kier molecular flexibility index (Phi) is 4.12. The fraction of sp³-hybridized carbons (Fsp3) is 0.214. The molecule has 100 valence electrons. The summed E-state index contributed by atoms with van der Waals surface area (Å²) in [5.41, 5.74) is 1.05. The van der Waals surface area contributed by atoms with Gasteiger partial charge in [-0.25, -0.2) is 4.79 Å². The number of hydrogen-bond acceptors (Lipinski definition) is 4. The normalized spacial score (nSPS) is 11.9. The minimum absolute atomic E-state index is 0.0862. The number of ether oxygens (including phenoxy) is 1. The third kappa shape index (κ3) is 3.09. The number of carbonyl (C=O) groups is 1. The summed E-state index contributed by atoms with van der Waals surface area (Å²) in [6.45, 7) is 1.93. The number of esters is 1. The zero-order valence-electron chi connectivity index (χ0n) is 10.6. The van der Waals surface area contributed by atoms with Crippen LogP contribution in [0.1, 0.15) is 29.1 Å². The summed E-state index contributed by atoms with van der Waals surface area (Å²) in [5.74, 6) is 0.363. The van der Waals surface area contributed by atoms with Gasteiger partial charge in [-0.15, -0.1) is 0 Å². The monoisotopic (exact) mass is 279 g/mol. The molecule has 1 unspecified atom stereocenters. The third-order valence-corrected chi connectivity index (χ3v) is 2.96. The number of rotatable bonds is 4. The first-order valence-electron chi connectivity index (χ1n) is 5.79. The van der Waals surface area contributed by atoms with E-state index >= 15 is 0 Å². The Bertz CT molecular complexity index is 566. The summed E-state index contributed by atoms with van der Waals surface area (Å²) < 4.78 is 10.1. The number of carbonyl (C=O) groups excluding carboxylic acids is 1. The van der Waals surface area contributed by atoms with Gasteiger partial charge in [0, 0.05) is 5.02 Å². The average molecular weight is 280 g/mol. The van der Waals surface area contributed by atoms with Crippen molar-refractivity contribution in [2.24, 2.45) is 0 Å². The second kappa shape index (κ2) is 5.80. The van der Waals surface area contributed by atoms with Crippen molar-refractivity contribution in [3.63, 3.8) is 0 Å². The molecule has 2 aromatic rings. The van der Waals surface area contributed by atoms with Crippen molar-refractivity contribution in [1.82, 2.24) is 0 Å². The lowest BCUT2D eigenvalue weighted by Gasteiger charge is -2.16. The lowest BCUT2D eigenvalue weighted by atomic mass is 10.1. The van der Waals surface area contributed by atoms with Gasteiger partial charge >= 0.3 is 5.97 Å². The second-order valence-electron chi connectivity index (χ2n) is 4.06. The molecule has 0 aliphatic carbocycles. The standard InChI is InChI=1S/C14H14ClNO3/c1-9(13-4-3-7-19-13)16-12-8-10(15)5-6-11(12)14(17)18-2/h3-9,16H,1-2H3. The molecule has 0 saturated carbocycles. The maximum absolute atomic E-state index is 11.7. The van der Waals surface area contributed by atoms with Gasteiger partial charge in [0.1, 0.15) is 5.76 Å². The highest BCUT2D eigenvalue weighted by Crippen LogP contribution is 2.26. The lowest BCUT2D eigenvalue weighted by molar-refractivity contribution is 0.0602. The summed E-state index contributed by atoms with van der Waals surface area (Å²) in [6, 6.07) is 8.55. The Labute approximate surface area is 116 Å². The van der Waals surface area contributed by atoms with Crippen molar-refractivity contribution in [3.8, 4) is 0 Å². The van der Waals surface area contributed by atoms with Crippen molar-refractivity contribution in [3.05, 3.63) is 52.9 Å². The van der Waals surface area contributed by atoms with Crippen LogP contribution in [0.15, 0.2) is 41.0 Å². The minimum atomic E-state index is -0.411. The first-order valence-corrected chi connectivity index (χ1v) is 6.17. The summed E-state index contributed by atoms with van der Waals surface area (Å²) in [6.07, 6.45) is 1.60. The molecule has 1 aromatic heterocycles. The van der Waals surface area contributed by atoms with Crippen molar-refractivity contribution in [2.75, 3.05) is 12.4 Å². The van der Waals surface area contributed by atoms with Crippen molar-refractivity contribution in [1.29, 1.82) is 0 Å². The van der Waals surface area contributed by atoms with Gasteiger partial charge in [0.2, 0.25) is 0 Å². The number of halogens is 1. The molecule has 4 nitrogen and oxygen atoms in total. The molecule has 1 atom stereocenters. The first-order chi connectivity index (χ1) is 9.11. The molecule has 19 heavy (non-hydrogen) atoms. The van der Waals surface area contributed by atoms with Gasteiger partial charge in [0.05, 0.1) is 30.7 Å². The van der Waals surface area contributed by atoms with Gasteiger partial charge in [-0.3, -0.25) is 0 Å². The van der Waals surface area contributed by atoms with E-state index in [4.69, 9.17) is 20.8 Å². The Balaban J connectivity index is 2.28. The van der Waals surface area contributed by atoms with Crippen LogP contribution in [-0.2, 0) is 4.74 Å². The maximum atomic E-state index is 11.7. The SMILES string of the molecule is COC(=O)c1ccc(Cl)cc1NC(C)c1ccco1. The average Bonchev–Trinajstić information content (AvgIpc) is 2.92. The summed E-state index contributed by atoms with van der Waals surface area (Å²) in [4.78, 5) is 11.7. The van der Waals surface area contributed by atoms with Crippen LogP contribution >= 0.6 is 11.6 Å². The Morgan fingerprint density at radius 1 is 1.42 bits per heavy atom. The molecule has 0 amide bonds. The zero-order chi connectivity index (χ0) is 13.8. The molecule has 0 spiro atoms. The number of anilines is 1. The lowest BCUT2D eigenvalue weighted by Crippen LogP contribution is -2.11. The Morgan fingerprint density at radius 2 is 2.21 bits per heavy atom. The van der Waals surface area contributed by atoms with Gasteiger partial charge < -0.3 is 14.5 Å². The third-order valence-electron chi connectivity index (χ3n) is 2.73. The van der Waals surface area contributed by atoms with Crippen LogP contribution in [0.25, 0.3) is 0 Å². The molecule has 1 heterocycles. The van der Waals surface area contributed by atoms with E-state index in [2.05, 4.69) is 5.32 Å². The molecule has 0 saturated heterocycles. The van der Waals surface area contributed by atoms with Gasteiger partial charge in [-0.2, -0.15) is 0 Å². The fourth-order valence-electron chi connectivity index (χ4n) is 1.77. The zero-order valence-corrected chi connectivity index (χ0v) is 11.4. The van der Waals surface area contributed by atoms with E-state index in [0.29, 0.717) is 16.3 Å². The van der Waals surface area contributed by atoms with E-state index in [1.165, 1.54) is 7.11 Å². The van der Waals surface area contributed by atoms with E-state index < -0.39 is 5.97 Å². The Hall–Kier alpha value is -1.94. The van der Waals surface area contributed by atoms with Crippen LogP contribution in [-0.4, -0.2) is 13.1 Å². The topological polar surface area (TPSA) is 51.5 Å². The number of benzene rings is 1. The fourth-order valence-corrected chi connectivity index (χ4v) is 1.94. The molecule has 1 N–H and O–H groups in total. The van der Waals surface area contributed by atoms with Gasteiger partial charge in [-0.05, 0) is 37.3 Å². The van der Waals surface area contributed by atoms with Gasteiger partial charge in [0.25, 0.3) is 0 Å². The summed E-state index contributed by atoms with van der Waals surface area (Å²) in [7, 11) is 1.34. The Morgan fingerprint density at radius 3 is 2.84 bits per heavy atom. The van der Waals surface area contributed by atoms with Crippen LogP contribution in [0.5, 0.6) is 0 Å². The molecule has 5 heteroatoms. The summed E-state index contributed by atoms with van der Waals surface area (Å²) >= 11 is 5.96. The predicted molar refractivity (Wildman–Crippen MR) is 73.5 cm³/mol. The molecule has 2 rings (SSSR count). The quantitative estimate of drug-likeness (QED) is 0.863. The number of nitrogens with one attached hydrogen (secondary N) is 1. The molecular weight excluding hydrogens is 266 g/mol. The smallest absolute Gasteiger partial charge is 0.339 e. The van der Waals surface area contributed by atoms with Crippen LogP contribution in [0.2, 0.25) is 5.02 Å². The maximum Gasteiger partial charge on any atom is 0.339 e. The van der Waals surface area contributed by atoms with Crippen molar-refractivity contribution < 1.29 is 13.9 Å². The van der Waals surface area contributed by atoms with Crippen molar-refractivity contribution in [2.45, 2.75) is 13.0 Å². The highest BCUT2D eigenvalue weighted by molar-refractivity contribution is 6.31. The summed E-state index contributed by atoms with van der Waals surface area (Å²) in [5, 5.41) is 3.73. The molecular formula is C14H14ClNO3. The van der Waals surface area contributed by atoms with Crippen LogP contribution < -0.4 is 5.32 Å². The van der Waals surface area contributed by atoms with Gasteiger partial charge in [-0.1, -0.05) is 11.6 Å². The number of methoxy groups -OCH3 is 1. The molecule has 0 fully saturated rings. The van der Waals surface area contributed by atoms with E-state index in [-0.39, 0.29) is 6.04 Å². The number of furan rings is 1. The van der Waals surface area contributed by atoms with Gasteiger partial charge in [0.15, 0.2) is 0 Å². The van der Waals surface area contributed by atoms with Crippen molar-refractivity contribution >= 4 is 23.3 Å². The minimum Gasteiger partial charge on any atom is -0.467 e. The second-order valence-corrected chi connectivity index (χ2v) is 4.50. The van der Waals surface area contributed by atoms with Crippen LogP contribution in [0, 0.1) is 0 Å².